The van der Waals surface area contributed by atoms with Gasteiger partial charge in [-0.25, -0.2) is 0 Å². The number of hydrogen-bond donors (Lipinski definition) is 1. The van der Waals surface area contributed by atoms with E-state index in [1.54, 1.807) is 0 Å². The maximum absolute atomic E-state index is 12.7. The van der Waals surface area contributed by atoms with Crippen LogP contribution in [-0.2, 0) is 4.79 Å². The molecule has 0 spiro atoms. The molecule has 0 saturated carbocycles. The normalized spacial score (nSPS) is 14.3. The third kappa shape index (κ3) is 4.38. The first-order valence-corrected chi connectivity index (χ1v) is 8.75. The third-order valence-electron chi connectivity index (χ3n) is 4.11. The molecule has 1 aromatic carbocycles. The Balaban J connectivity index is 2.04. The second kappa shape index (κ2) is 7.22. The predicted octanol–water partition coefficient (Wildman–Crippen LogP) is 5.29. The molecule has 0 radical (unpaired) electrons. The first-order chi connectivity index (χ1) is 10.8. The van der Waals surface area contributed by atoms with Crippen LogP contribution >= 0.6 is 11.8 Å². The highest BCUT2D eigenvalue weighted by Gasteiger charge is 2.31. The Labute approximate surface area is 143 Å². The van der Waals surface area contributed by atoms with Crippen molar-refractivity contribution in [1.29, 1.82) is 0 Å². The number of hydrogen-bond acceptors (Lipinski definition) is 2. The Bertz CT molecular complexity index is 683. The molecular weight excluding hydrogens is 302 g/mol. The van der Waals surface area contributed by atoms with Gasteiger partial charge in [0.1, 0.15) is 0 Å². The summed E-state index contributed by atoms with van der Waals surface area (Å²) in [4.78, 5) is 13.8. The Kier molecular flexibility index (Phi) is 5.53. The molecule has 2 nitrogen and oxygen atoms in total. The standard InChI is InChI=1S/C20H25NOS/c1-14-11-12-15(2)18(13-14)23-16(3)21-19(22)20(4,5)17-9-7-6-8-10-17/h7,9-13H,3,6,8H2,1-2,4-5H3,(H,21,22). The maximum Gasteiger partial charge on any atom is 0.234 e. The second-order valence-corrected chi connectivity index (χ2v) is 7.65. The zero-order valence-corrected chi connectivity index (χ0v) is 15.2. The number of rotatable bonds is 5. The quantitative estimate of drug-likeness (QED) is 0.745. The molecule has 0 aliphatic heterocycles. The van der Waals surface area contributed by atoms with E-state index in [0.717, 1.165) is 23.3 Å². The minimum Gasteiger partial charge on any atom is -0.320 e. The van der Waals surface area contributed by atoms with Crippen molar-refractivity contribution in [2.45, 2.75) is 45.4 Å². The number of nitrogens with one attached hydrogen (secondary N) is 1. The summed E-state index contributed by atoms with van der Waals surface area (Å²) in [6, 6.07) is 6.30. The molecule has 1 aromatic rings. The molecular formula is C20H25NOS. The van der Waals surface area contributed by atoms with Gasteiger partial charge < -0.3 is 5.32 Å². The van der Waals surface area contributed by atoms with E-state index in [1.807, 2.05) is 13.8 Å². The van der Waals surface area contributed by atoms with Crippen molar-refractivity contribution >= 4 is 17.7 Å². The highest BCUT2D eigenvalue weighted by atomic mass is 32.2. The SMILES string of the molecule is C=C(NC(=O)C(C)(C)C1=CCCC=C1)Sc1cc(C)ccc1C. The molecule has 122 valence electrons. The van der Waals surface area contributed by atoms with E-state index in [-0.39, 0.29) is 5.91 Å². The molecule has 0 heterocycles. The van der Waals surface area contributed by atoms with E-state index < -0.39 is 5.41 Å². The van der Waals surface area contributed by atoms with Crippen molar-refractivity contribution in [2.24, 2.45) is 5.41 Å². The van der Waals surface area contributed by atoms with Crippen LogP contribution in [0.1, 0.15) is 37.8 Å². The number of thioether (sulfide) groups is 1. The van der Waals surface area contributed by atoms with Gasteiger partial charge in [0.05, 0.1) is 10.4 Å². The molecule has 1 aliphatic rings. The first kappa shape index (κ1) is 17.6. The highest BCUT2D eigenvalue weighted by Crippen LogP contribution is 2.33. The largest absolute Gasteiger partial charge is 0.320 e. The van der Waals surface area contributed by atoms with E-state index in [9.17, 15) is 4.79 Å². The molecule has 0 unspecified atom stereocenters. The van der Waals surface area contributed by atoms with Gasteiger partial charge in [0.25, 0.3) is 0 Å². The van der Waals surface area contributed by atoms with Crippen molar-refractivity contribution in [2.75, 3.05) is 0 Å². The van der Waals surface area contributed by atoms with Crippen LogP contribution in [0.4, 0.5) is 0 Å². The molecule has 0 saturated heterocycles. The van der Waals surface area contributed by atoms with Crippen LogP contribution in [0.5, 0.6) is 0 Å². The Morgan fingerprint density at radius 3 is 2.65 bits per heavy atom. The number of allylic oxidation sites excluding steroid dienone is 3. The molecule has 0 aromatic heterocycles. The van der Waals surface area contributed by atoms with Crippen LogP contribution in [0.15, 0.2) is 58.5 Å². The summed E-state index contributed by atoms with van der Waals surface area (Å²) in [6.07, 6.45) is 8.39. The summed E-state index contributed by atoms with van der Waals surface area (Å²) in [5.41, 5.74) is 2.91. The lowest BCUT2D eigenvalue weighted by Gasteiger charge is -2.27. The van der Waals surface area contributed by atoms with Gasteiger partial charge in [0.15, 0.2) is 0 Å². The van der Waals surface area contributed by atoms with Gasteiger partial charge in [-0.2, -0.15) is 0 Å². The lowest BCUT2D eigenvalue weighted by atomic mass is 9.81. The average molecular weight is 327 g/mol. The summed E-state index contributed by atoms with van der Waals surface area (Å²) in [5.74, 6) is -0.0156. The minimum atomic E-state index is -0.554. The highest BCUT2D eigenvalue weighted by molar-refractivity contribution is 8.03. The number of carbonyl (C=O) groups excluding carboxylic acids is 1. The van der Waals surface area contributed by atoms with Gasteiger partial charge in [-0.15, -0.1) is 0 Å². The van der Waals surface area contributed by atoms with E-state index in [4.69, 9.17) is 0 Å². The summed E-state index contributed by atoms with van der Waals surface area (Å²) >= 11 is 1.51. The van der Waals surface area contributed by atoms with Crippen LogP contribution in [0.25, 0.3) is 0 Å². The van der Waals surface area contributed by atoms with Crippen molar-refractivity contribution in [3.63, 3.8) is 0 Å². The fraction of sp³-hybridized carbons (Fsp3) is 0.350. The Morgan fingerprint density at radius 2 is 2.00 bits per heavy atom. The molecule has 2 rings (SSSR count). The molecule has 0 fully saturated rings. The predicted molar refractivity (Wildman–Crippen MR) is 99.3 cm³/mol. The fourth-order valence-electron chi connectivity index (χ4n) is 2.47. The van der Waals surface area contributed by atoms with Crippen LogP contribution in [0.2, 0.25) is 0 Å². The molecule has 23 heavy (non-hydrogen) atoms. The van der Waals surface area contributed by atoms with Gasteiger partial charge in [-0.05, 0) is 63.3 Å². The lowest BCUT2D eigenvalue weighted by Crippen LogP contribution is -2.37. The van der Waals surface area contributed by atoms with E-state index in [0.29, 0.717) is 5.03 Å². The zero-order valence-electron chi connectivity index (χ0n) is 14.4. The fourth-order valence-corrected chi connectivity index (χ4v) is 3.35. The van der Waals surface area contributed by atoms with Crippen molar-refractivity contribution in [1.82, 2.24) is 5.32 Å². The van der Waals surface area contributed by atoms with E-state index >= 15 is 0 Å². The number of aryl methyl sites for hydroxylation is 2. The summed E-state index contributed by atoms with van der Waals surface area (Å²) in [7, 11) is 0. The van der Waals surface area contributed by atoms with Crippen LogP contribution < -0.4 is 5.32 Å². The number of benzene rings is 1. The average Bonchev–Trinajstić information content (AvgIpc) is 2.51. The van der Waals surface area contributed by atoms with Crippen LogP contribution in [-0.4, -0.2) is 5.91 Å². The van der Waals surface area contributed by atoms with Gasteiger partial charge in [-0.3, -0.25) is 4.79 Å². The van der Waals surface area contributed by atoms with Crippen molar-refractivity contribution in [3.05, 3.63) is 64.7 Å². The number of carbonyl (C=O) groups is 1. The van der Waals surface area contributed by atoms with Crippen molar-refractivity contribution in [3.8, 4) is 0 Å². The minimum absolute atomic E-state index is 0.0156. The van der Waals surface area contributed by atoms with Gasteiger partial charge in [0.2, 0.25) is 5.91 Å². The van der Waals surface area contributed by atoms with E-state index in [1.165, 1.54) is 22.9 Å². The van der Waals surface area contributed by atoms with Crippen LogP contribution in [0.3, 0.4) is 0 Å². The molecule has 1 aliphatic carbocycles. The number of amides is 1. The molecule has 3 heteroatoms. The second-order valence-electron chi connectivity index (χ2n) is 6.51. The monoisotopic (exact) mass is 327 g/mol. The molecule has 0 bridgehead atoms. The first-order valence-electron chi connectivity index (χ1n) is 7.93. The smallest absolute Gasteiger partial charge is 0.234 e. The van der Waals surface area contributed by atoms with Gasteiger partial charge >= 0.3 is 0 Å². The third-order valence-corrected chi connectivity index (χ3v) is 5.12. The van der Waals surface area contributed by atoms with Crippen LogP contribution in [0, 0.1) is 19.3 Å². The topological polar surface area (TPSA) is 29.1 Å². The van der Waals surface area contributed by atoms with Gasteiger partial charge in [-0.1, -0.05) is 48.7 Å². The van der Waals surface area contributed by atoms with E-state index in [2.05, 4.69) is 62.2 Å². The summed E-state index contributed by atoms with van der Waals surface area (Å²) < 4.78 is 0. The lowest BCUT2D eigenvalue weighted by molar-refractivity contribution is -0.126. The Hall–Kier alpha value is -1.74. The summed E-state index contributed by atoms with van der Waals surface area (Å²) in [5, 5.41) is 3.63. The maximum atomic E-state index is 12.7. The molecule has 1 N–H and O–H groups in total. The Morgan fingerprint density at radius 1 is 1.26 bits per heavy atom. The zero-order chi connectivity index (χ0) is 17.0. The molecule has 1 amide bonds. The molecule has 0 atom stereocenters. The van der Waals surface area contributed by atoms with Gasteiger partial charge in [0, 0.05) is 4.90 Å². The van der Waals surface area contributed by atoms with Crippen molar-refractivity contribution < 1.29 is 4.79 Å². The summed E-state index contributed by atoms with van der Waals surface area (Å²) in [6.45, 7) is 12.1.